The van der Waals surface area contributed by atoms with Crippen molar-refractivity contribution >= 4 is 9.84 Å². The molecule has 20 heavy (non-hydrogen) atoms. The number of fused-ring (bicyclic) bond motifs is 1. The molecule has 1 aromatic rings. The first-order valence-electron chi connectivity index (χ1n) is 7.15. The first-order chi connectivity index (χ1) is 9.48. The smallest absolute Gasteiger partial charge is 0.152 e. The Morgan fingerprint density at radius 3 is 2.95 bits per heavy atom. The Hall–Kier alpha value is -1.07. The lowest BCUT2D eigenvalue weighted by molar-refractivity contribution is 0.256. The van der Waals surface area contributed by atoms with E-state index in [-0.39, 0.29) is 11.3 Å². The van der Waals surface area contributed by atoms with E-state index in [1.54, 1.807) is 0 Å². The van der Waals surface area contributed by atoms with Crippen LogP contribution in [0.4, 0.5) is 0 Å². The normalized spacial score (nSPS) is 31.6. The van der Waals surface area contributed by atoms with Gasteiger partial charge in [-0.15, -0.1) is 0 Å². The van der Waals surface area contributed by atoms with E-state index in [9.17, 15) is 8.42 Å². The van der Waals surface area contributed by atoms with Crippen molar-refractivity contribution in [3.05, 3.63) is 29.8 Å². The van der Waals surface area contributed by atoms with Crippen LogP contribution in [0.15, 0.2) is 24.3 Å². The van der Waals surface area contributed by atoms with Crippen LogP contribution in [0, 0.1) is 0 Å². The molecule has 2 heterocycles. The fraction of sp³-hybridized carbons (Fsp3) is 0.600. The van der Waals surface area contributed by atoms with Gasteiger partial charge in [0, 0.05) is 18.0 Å². The molecule has 3 rings (SSSR count). The van der Waals surface area contributed by atoms with Crippen LogP contribution in [-0.2, 0) is 9.84 Å². The van der Waals surface area contributed by atoms with Gasteiger partial charge in [0.15, 0.2) is 9.84 Å². The van der Waals surface area contributed by atoms with Crippen LogP contribution in [-0.4, -0.2) is 38.6 Å². The Morgan fingerprint density at radius 1 is 1.40 bits per heavy atom. The maximum absolute atomic E-state index is 11.6. The zero-order valence-electron chi connectivity index (χ0n) is 11.8. The molecule has 2 unspecified atom stereocenters. The maximum atomic E-state index is 11.6. The maximum Gasteiger partial charge on any atom is 0.152 e. The van der Waals surface area contributed by atoms with Crippen LogP contribution in [0.1, 0.15) is 31.2 Å². The minimum Gasteiger partial charge on any atom is -0.493 e. The quantitative estimate of drug-likeness (QED) is 0.922. The van der Waals surface area contributed by atoms with Crippen molar-refractivity contribution in [2.75, 3.05) is 24.7 Å². The van der Waals surface area contributed by atoms with Gasteiger partial charge in [0.2, 0.25) is 0 Å². The minimum atomic E-state index is -2.85. The van der Waals surface area contributed by atoms with Crippen LogP contribution in [0.25, 0.3) is 0 Å². The lowest BCUT2D eigenvalue weighted by atomic mass is 9.91. The molecule has 5 heteroatoms. The average molecular weight is 295 g/mol. The molecule has 2 atom stereocenters. The molecule has 110 valence electrons. The summed E-state index contributed by atoms with van der Waals surface area (Å²) in [7, 11) is -2.85. The Labute approximate surface area is 120 Å². The van der Waals surface area contributed by atoms with Gasteiger partial charge in [-0.2, -0.15) is 0 Å². The average Bonchev–Trinajstić information content (AvgIpc) is 2.71. The van der Waals surface area contributed by atoms with Gasteiger partial charge in [0.25, 0.3) is 0 Å². The number of hydrogen-bond acceptors (Lipinski definition) is 4. The van der Waals surface area contributed by atoms with Gasteiger partial charge in [-0.1, -0.05) is 18.2 Å². The van der Waals surface area contributed by atoms with Gasteiger partial charge in [-0.25, -0.2) is 8.42 Å². The number of rotatable bonds is 3. The molecule has 0 saturated carbocycles. The summed E-state index contributed by atoms with van der Waals surface area (Å²) in [5, 5.41) is 3.49. The lowest BCUT2D eigenvalue weighted by Crippen LogP contribution is -2.45. The molecule has 0 amide bonds. The summed E-state index contributed by atoms with van der Waals surface area (Å²) in [5.74, 6) is 1.93. The third kappa shape index (κ3) is 2.83. The van der Waals surface area contributed by atoms with Gasteiger partial charge in [-0.05, 0) is 31.4 Å². The van der Waals surface area contributed by atoms with Crippen LogP contribution in [0.5, 0.6) is 5.75 Å². The second-order valence-corrected chi connectivity index (χ2v) is 8.34. The number of ether oxygens (including phenoxy) is 1. The van der Waals surface area contributed by atoms with E-state index in [1.165, 1.54) is 5.56 Å². The van der Waals surface area contributed by atoms with Crippen molar-refractivity contribution < 1.29 is 13.2 Å². The molecule has 1 fully saturated rings. The summed E-state index contributed by atoms with van der Waals surface area (Å²) in [4.78, 5) is 0. The monoisotopic (exact) mass is 295 g/mol. The van der Waals surface area contributed by atoms with Crippen LogP contribution in [0.3, 0.4) is 0 Å². The molecule has 4 nitrogen and oxygen atoms in total. The highest BCUT2D eigenvalue weighted by atomic mass is 32.2. The Balaban J connectivity index is 1.68. The molecular weight excluding hydrogens is 274 g/mol. The molecule has 0 aromatic heterocycles. The molecule has 1 N–H and O–H groups in total. The van der Waals surface area contributed by atoms with Gasteiger partial charge < -0.3 is 10.1 Å². The number of hydrogen-bond donors (Lipinski definition) is 1. The lowest BCUT2D eigenvalue weighted by Gasteiger charge is -2.30. The highest BCUT2D eigenvalue weighted by molar-refractivity contribution is 7.91. The number of benzene rings is 1. The molecule has 1 saturated heterocycles. The summed E-state index contributed by atoms with van der Waals surface area (Å²) >= 11 is 0. The largest absolute Gasteiger partial charge is 0.493 e. The van der Waals surface area contributed by atoms with Crippen LogP contribution in [0.2, 0.25) is 0 Å². The Bertz CT molecular complexity index is 599. The number of sulfone groups is 1. The van der Waals surface area contributed by atoms with Crippen molar-refractivity contribution in [2.45, 2.75) is 31.2 Å². The molecule has 2 aliphatic rings. The molecular formula is C15H21NO3S. The summed E-state index contributed by atoms with van der Waals surface area (Å²) in [6.45, 7) is 3.56. The van der Waals surface area contributed by atoms with E-state index in [0.717, 1.165) is 25.3 Å². The molecule has 0 radical (unpaired) electrons. The Morgan fingerprint density at radius 2 is 2.20 bits per heavy atom. The van der Waals surface area contributed by atoms with E-state index in [4.69, 9.17) is 4.74 Å². The summed E-state index contributed by atoms with van der Waals surface area (Å²) < 4.78 is 28.9. The van der Waals surface area contributed by atoms with Crippen molar-refractivity contribution in [1.82, 2.24) is 5.32 Å². The molecule has 0 spiro atoms. The summed E-state index contributed by atoms with van der Waals surface area (Å²) in [5.41, 5.74) is 0.960. The number of nitrogens with one attached hydrogen (secondary N) is 1. The molecule has 0 bridgehead atoms. The van der Waals surface area contributed by atoms with Crippen molar-refractivity contribution in [2.24, 2.45) is 0 Å². The predicted octanol–water partition coefficient (Wildman–Crippen LogP) is 1.72. The SMILES string of the molecule is CC1(NCC2CCOc3ccccc32)CCS(=O)(=O)C1. The van der Waals surface area contributed by atoms with E-state index < -0.39 is 9.84 Å². The van der Waals surface area contributed by atoms with E-state index >= 15 is 0 Å². The second kappa shape index (κ2) is 5.04. The van der Waals surface area contributed by atoms with Crippen molar-refractivity contribution in [1.29, 1.82) is 0 Å². The van der Waals surface area contributed by atoms with Crippen molar-refractivity contribution in [3.63, 3.8) is 0 Å². The van der Waals surface area contributed by atoms with Gasteiger partial charge in [0.05, 0.1) is 18.1 Å². The Kier molecular flexibility index (Phi) is 3.50. The third-order valence-corrected chi connectivity index (χ3v) is 6.26. The standard InChI is InChI=1S/C15H21NO3S/c1-15(7-9-20(17,18)11-15)16-10-12-6-8-19-14-5-3-2-4-13(12)14/h2-5,12,16H,6-11H2,1H3. The zero-order chi connectivity index (χ0) is 14.2. The third-order valence-electron chi connectivity index (χ3n) is 4.36. The highest BCUT2D eigenvalue weighted by Crippen LogP contribution is 2.33. The van der Waals surface area contributed by atoms with Gasteiger partial charge in [-0.3, -0.25) is 0 Å². The van der Waals surface area contributed by atoms with E-state index in [2.05, 4.69) is 11.4 Å². The van der Waals surface area contributed by atoms with E-state index in [1.807, 2.05) is 25.1 Å². The molecule has 2 aliphatic heterocycles. The number of para-hydroxylation sites is 1. The zero-order valence-corrected chi connectivity index (χ0v) is 12.6. The van der Waals surface area contributed by atoms with Gasteiger partial charge in [0.1, 0.15) is 5.75 Å². The van der Waals surface area contributed by atoms with Gasteiger partial charge >= 0.3 is 0 Å². The van der Waals surface area contributed by atoms with Crippen LogP contribution < -0.4 is 10.1 Å². The predicted molar refractivity (Wildman–Crippen MR) is 79.0 cm³/mol. The van der Waals surface area contributed by atoms with E-state index in [0.29, 0.717) is 18.1 Å². The first-order valence-corrected chi connectivity index (χ1v) is 8.97. The van der Waals surface area contributed by atoms with Crippen molar-refractivity contribution in [3.8, 4) is 5.75 Å². The molecule has 0 aliphatic carbocycles. The highest BCUT2D eigenvalue weighted by Gasteiger charge is 2.38. The minimum absolute atomic E-state index is 0.255. The first kappa shape index (κ1) is 13.9. The molecule has 1 aromatic carbocycles. The fourth-order valence-electron chi connectivity index (χ4n) is 3.15. The summed E-state index contributed by atoms with van der Waals surface area (Å²) in [6, 6.07) is 8.12. The van der Waals surface area contributed by atoms with Crippen LogP contribution >= 0.6 is 0 Å². The topological polar surface area (TPSA) is 55.4 Å². The second-order valence-electron chi connectivity index (χ2n) is 6.16. The fourth-order valence-corrected chi connectivity index (χ4v) is 5.27. The summed E-state index contributed by atoms with van der Waals surface area (Å²) in [6.07, 6.45) is 1.69.